The Hall–Kier alpha value is -3.33. The largest absolute Gasteiger partial charge is 0.467 e. The van der Waals surface area contributed by atoms with E-state index in [4.69, 9.17) is 9.47 Å². The van der Waals surface area contributed by atoms with Gasteiger partial charge in [0.15, 0.2) is 6.79 Å². The number of nitrogens with zero attached hydrogens (tertiary/aromatic N) is 1. The molecule has 0 N–H and O–H groups in total. The summed E-state index contributed by atoms with van der Waals surface area (Å²) in [6, 6.07) is 30.7. The van der Waals surface area contributed by atoms with Gasteiger partial charge in [-0.15, -0.1) is 0 Å². The van der Waals surface area contributed by atoms with Crippen LogP contribution in [0.25, 0.3) is 0 Å². The fourth-order valence-corrected chi connectivity index (χ4v) is 7.03. The van der Waals surface area contributed by atoms with E-state index in [9.17, 15) is 4.39 Å². The quantitative estimate of drug-likeness (QED) is 0.0949. The van der Waals surface area contributed by atoms with E-state index < -0.39 is 0 Å². The molecule has 2 atom stereocenters. The highest BCUT2D eigenvalue weighted by atomic mass is 31.1. The Morgan fingerprint density at radius 2 is 1.55 bits per heavy atom. The lowest BCUT2D eigenvalue weighted by Crippen LogP contribution is -2.23. The van der Waals surface area contributed by atoms with Gasteiger partial charge in [-0.1, -0.05) is 108 Å². The first-order chi connectivity index (χ1) is 19.5. The predicted octanol–water partition coefficient (Wildman–Crippen LogP) is 8.06. The lowest BCUT2D eigenvalue weighted by atomic mass is 9.88. The number of hydrogen-bond acceptors (Lipinski definition) is 3. The molecule has 0 saturated carbocycles. The number of hydrogen-bond donors (Lipinski definition) is 0. The second kappa shape index (κ2) is 14.3. The Labute approximate surface area is 240 Å². The first-order valence-corrected chi connectivity index (χ1v) is 14.8. The van der Waals surface area contributed by atoms with Crippen molar-refractivity contribution in [3.8, 4) is 5.75 Å². The van der Waals surface area contributed by atoms with Crippen molar-refractivity contribution in [3.05, 3.63) is 130 Å². The molecule has 0 aliphatic rings. The summed E-state index contributed by atoms with van der Waals surface area (Å²) in [4.78, 5) is 4.21. The summed E-state index contributed by atoms with van der Waals surface area (Å²) in [5, 5.41) is 0.850. The summed E-state index contributed by atoms with van der Waals surface area (Å²) >= 11 is 0. The molecule has 5 heteroatoms. The van der Waals surface area contributed by atoms with Gasteiger partial charge in [-0.2, -0.15) is 0 Å². The average molecular weight is 556 g/mol. The summed E-state index contributed by atoms with van der Waals surface area (Å²) in [7, 11) is 3.77. The van der Waals surface area contributed by atoms with Crippen LogP contribution in [-0.4, -0.2) is 27.2 Å². The SMILES string of the molecule is CCCC(C)(Pc1ccc(F)cc1C=NC)c1cc(Cc2ccccc2)cc(Cc2ccccc2)c1OCOC. The van der Waals surface area contributed by atoms with Crippen LogP contribution >= 0.6 is 8.58 Å². The Bertz CT molecular complexity index is 1410. The molecule has 2 unspecified atom stereocenters. The van der Waals surface area contributed by atoms with Gasteiger partial charge in [0.1, 0.15) is 11.6 Å². The van der Waals surface area contributed by atoms with E-state index in [0.717, 1.165) is 47.9 Å². The Morgan fingerprint density at radius 1 is 0.875 bits per heavy atom. The third kappa shape index (κ3) is 7.65. The molecule has 0 aromatic heterocycles. The number of methoxy groups -OCH3 is 1. The van der Waals surface area contributed by atoms with Gasteiger partial charge in [0.25, 0.3) is 0 Å². The standard InChI is InChI=1S/C35H39FNO2P/c1-5-18-35(2,40-33-17-16-31(36)23-30(33)24-37-3)32-22-28(19-26-12-8-6-9-13-26)21-29(34(32)39-25-38-4)20-27-14-10-7-11-15-27/h6-17,21-24,40H,5,18-20,25H2,1-4H3. The van der Waals surface area contributed by atoms with E-state index in [1.807, 2.05) is 12.1 Å². The van der Waals surface area contributed by atoms with Gasteiger partial charge in [0, 0.05) is 43.1 Å². The van der Waals surface area contributed by atoms with Gasteiger partial charge in [0.2, 0.25) is 0 Å². The van der Waals surface area contributed by atoms with Crippen molar-refractivity contribution in [2.24, 2.45) is 4.99 Å². The highest BCUT2D eigenvalue weighted by Crippen LogP contribution is 2.50. The maximum atomic E-state index is 14.2. The van der Waals surface area contributed by atoms with Crippen LogP contribution in [0, 0.1) is 5.82 Å². The topological polar surface area (TPSA) is 30.8 Å². The summed E-state index contributed by atoms with van der Waals surface area (Å²) in [5.74, 6) is 0.638. The number of rotatable bonds is 13. The smallest absolute Gasteiger partial charge is 0.188 e. The molecule has 4 aromatic carbocycles. The second-order valence-corrected chi connectivity index (χ2v) is 12.2. The van der Waals surface area contributed by atoms with Crippen molar-refractivity contribution in [1.82, 2.24) is 0 Å². The van der Waals surface area contributed by atoms with E-state index in [1.54, 1.807) is 32.5 Å². The molecule has 0 fully saturated rings. The number of halogens is 1. The lowest BCUT2D eigenvalue weighted by Gasteiger charge is -2.34. The van der Waals surface area contributed by atoms with Gasteiger partial charge in [-0.25, -0.2) is 4.39 Å². The van der Waals surface area contributed by atoms with Gasteiger partial charge < -0.3 is 9.47 Å². The monoisotopic (exact) mass is 555 g/mol. The highest BCUT2D eigenvalue weighted by Gasteiger charge is 2.32. The molecule has 4 rings (SSSR count). The van der Waals surface area contributed by atoms with Crippen LogP contribution in [0.15, 0.2) is 96.0 Å². The Kier molecular flexibility index (Phi) is 10.6. The van der Waals surface area contributed by atoms with Gasteiger partial charge in [-0.05, 0) is 52.5 Å². The van der Waals surface area contributed by atoms with Crippen LogP contribution in [0.3, 0.4) is 0 Å². The molecule has 0 bridgehead atoms. The molecule has 0 amide bonds. The fourth-order valence-electron chi connectivity index (χ4n) is 5.29. The third-order valence-corrected chi connectivity index (χ3v) is 8.87. The number of aliphatic imine (C=N–C) groups is 1. The minimum atomic E-state index is -0.250. The fraction of sp³-hybridized carbons (Fsp3) is 0.286. The number of ether oxygens (including phenoxy) is 2. The molecule has 0 radical (unpaired) electrons. The molecule has 40 heavy (non-hydrogen) atoms. The molecular formula is C35H39FNO2P. The minimum absolute atomic E-state index is 0.169. The molecule has 0 saturated heterocycles. The van der Waals surface area contributed by atoms with E-state index in [2.05, 4.69) is 85.6 Å². The van der Waals surface area contributed by atoms with Gasteiger partial charge in [-0.3, -0.25) is 4.99 Å². The summed E-state index contributed by atoms with van der Waals surface area (Å²) < 4.78 is 26.0. The summed E-state index contributed by atoms with van der Waals surface area (Å²) in [6.07, 6.45) is 5.30. The maximum Gasteiger partial charge on any atom is 0.188 e. The normalized spacial score (nSPS) is 13.2. The molecule has 4 aromatic rings. The third-order valence-electron chi connectivity index (χ3n) is 7.07. The van der Waals surface area contributed by atoms with E-state index >= 15 is 0 Å². The molecular weight excluding hydrogens is 516 g/mol. The van der Waals surface area contributed by atoms with Crippen molar-refractivity contribution in [2.75, 3.05) is 21.0 Å². The minimum Gasteiger partial charge on any atom is -0.467 e. The second-order valence-electron chi connectivity index (χ2n) is 10.3. The first kappa shape index (κ1) is 29.6. The van der Waals surface area contributed by atoms with Crippen LogP contribution in [0.5, 0.6) is 5.75 Å². The van der Waals surface area contributed by atoms with E-state index in [1.165, 1.54) is 22.3 Å². The van der Waals surface area contributed by atoms with Gasteiger partial charge in [0.05, 0.1) is 0 Å². The zero-order chi connectivity index (χ0) is 28.4. The van der Waals surface area contributed by atoms with Gasteiger partial charge >= 0.3 is 0 Å². The maximum absolute atomic E-state index is 14.2. The average Bonchev–Trinajstić information content (AvgIpc) is 2.95. The molecule has 3 nitrogen and oxygen atoms in total. The number of benzene rings is 4. The first-order valence-electron chi connectivity index (χ1n) is 13.8. The molecule has 0 aliphatic carbocycles. The molecule has 0 heterocycles. The van der Waals surface area contributed by atoms with E-state index in [0.29, 0.717) is 8.58 Å². The van der Waals surface area contributed by atoms with Crippen LogP contribution < -0.4 is 10.0 Å². The van der Waals surface area contributed by atoms with Crippen molar-refractivity contribution < 1.29 is 13.9 Å². The van der Waals surface area contributed by atoms with Crippen LogP contribution in [0.4, 0.5) is 4.39 Å². The zero-order valence-corrected chi connectivity index (χ0v) is 24.9. The van der Waals surface area contributed by atoms with Crippen LogP contribution in [0.2, 0.25) is 0 Å². The zero-order valence-electron chi connectivity index (χ0n) is 23.9. The highest BCUT2D eigenvalue weighted by molar-refractivity contribution is 7.48. The summed E-state index contributed by atoms with van der Waals surface area (Å²) in [6.45, 7) is 4.71. The summed E-state index contributed by atoms with van der Waals surface area (Å²) in [5.41, 5.74) is 6.89. The molecule has 208 valence electrons. The lowest BCUT2D eigenvalue weighted by molar-refractivity contribution is 0.0493. The van der Waals surface area contributed by atoms with Crippen molar-refractivity contribution in [1.29, 1.82) is 0 Å². The van der Waals surface area contributed by atoms with Crippen molar-refractivity contribution in [3.63, 3.8) is 0 Å². The van der Waals surface area contributed by atoms with Crippen molar-refractivity contribution in [2.45, 2.75) is 44.7 Å². The van der Waals surface area contributed by atoms with Crippen molar-refractivity contribution >= 4 is 20.1 Å². The Morgan fingerprint density at radius 3 is 2.17 bits per heavy atom. The molecule has 0 spiro atoms. The Balaban J connectivity index is 1.90. The van der Waals surface area contributed by atoms with E-state index in [-0.39, 0.29) is 17.8 Å². The van der Waals surface area contributed by atoms with Crippen LogP contribution in [0.1, 0.15) is 60.1 Å². The van der Waals surface area contributed by atoms with Crippen LogP contribution in [-0.2, 0) is 22.7 Å². The predicted molar refractivity (Wildman–Crippen MR) is 168 cm³/mol. The molecule has 0 aliphatic heterocycles.